The summed E-state index contributed by atoms with van der Waals surface area (Å²) in [4.78, 5) is 0. The van der Waals surface area contributed by atoms with Crippen molar-refractivity contribution in [3.8, 4) is 5.75 Å². The van der Waals surface area contributed by atoms with Crippen LogP contribution < -0.4 is 10.1 Å². The summed E-state index contributed by atoms with van der Waals surface area (Å²) in [5.41, 5.74) is 0.853. The van der Waals surface area contributed by atoms with Gasteiger partial charge in [-0.3, -0.25) is 0 Å². The number of rotatable bonds is 5. The molecule has 2 nitrogen and oxygen atoms in total. The Kier molecular flexibility index (Phi) is 4.63. The third-order valence-corrected chi connectivity index (χ3v) is 2.56. The van der Waals surface area contributed by atoms with Crippen molar-refractivity contribution in [3.05, 3.63) is 28.8 Å². The van der Waals surface area contributed by atoms with Crippen molar-refractivity contribution in [2.75, 3.05) is 13.1 Å². The molecule has 0 aliphatic heterocycles. The van der Waals surface area contributed by atoms with Crippen LogP contribution in [-0.2, 0) is 0 Å². The number of hydrogen-bond donors (Lipinski definition) is 1. The number of hydrogen-bond acceptors (Lipinski definition) is 2. The smallest absolute Gasteiger partial charge is 0.123 e. The Hall–Kier alpha value is -0.730. The first-order chi connectivity index (χ1) is 7.44. The second-order valence-corrected chi connectivity index (χ2v) is 4.99. The summed E-state index contributed by atoms with van der Waals surface area (Å²) in [6.45, 7) is 10.0. The van der Waals surface area contributed by atoms with E-state index in [1.165, 1.54) is 0 Å². The summed E-state index contributed by atoms with van der Waals surface area (Å²) in [5.74, 6) is 0.896. The van der Waals surface area contributed by atoms with Crippen molar-refractivity contribution < 1.29 is 4.74 Å². The molecule has 0 saturated heterocycles. The number of nitrogens with one attached hydrogen (secondary N) is 1. The van der Waals surface area contributed by atoms with Gasteiger partial charge in [-0.15, -0.1) is 0 Å². The third kappa shape index (κ3) is 4.03. The lowest BCUT2D eigenvalue weighted by molar-refractivity contribution is 0.108. The molecule has 0 amide bonds. The molecule has 0 aromatic heterocycles. The van der Waals surface area contributed by atoms with Gasteiger partial charge >= 0.3 is 0 Å². The minimum absolute atomic E-state index is 0.214. The Morgan fingerprint density at radius 1 is 1.38 bits per heavy atom. The lowest BCUT2D eigenvalue weighted by atomic mass is 10.1. The maximum absolute atomic E-state index is 5.97. The van der Waals surface area contributed by atoms with Gasteiger partial charge in [0.25, 0.3) is 0 Å². The maximum Gasteiger partial charge on any atom is 0.123 e. The van der Waals surface area contributed by atoms with E-state index in [4.69, 9.17) is 16.3 Å². The quantitative estimate of drug-likeness (QED) is 0.853. The van der Waals surface area contributed by atoms with Crippen molar-refractivity contribution in [1.82, 2.24) is 5.32 Å². The van der Waals surface area contributed by atoms with E-state index in [0.29, 0.717) is 0 Å². The first-order valence-corrected chi connectivity index (χ1v) is 5.98. The fraction of sp³-hybridized carbons (Fsp3) is 0.538. The van der Waals surface area contributed by atoms with Crippen LogP contribution in [0.5, 0.6) is 5.75 Å². The molecule has 0 unspecified atom stereocenters. The van der Waals surface area contributed by atoms with E-state index in [1.54, 1.807) is 0 Å². The molecule has 0 atom stereocenters. The van der Waals surface area contributed by atoms with Crippen molar-refractivity contribution >= 4 is 11.6 Å². The van der Waals surface area contributed by atoms with Crippen LogP contribution in [0.2, 0.25) is 5.02 Å². The maximum atomic E-state index is 5.97. The zero-order valence-corrected chi connectivity index (χ0v) is 11.2. The summed E-state index contributed by atoms with van der Waals surface area (Å²) in [7, 11) is 0. The molecule has 0 saturated carbocycles. The van der Waals surface area contributed by atoms with Gasteiger partial charge in [-0.25, -0.2) is 0 Å². The summed E-state index contributed by atoms with van der Waals surface area (Å²) in [6.07, 6.45) is 0. The van der Waals surface area contributed by atoms with Gasteiger partial charge in [-0.1, -0.05) is 18.5 Å². The minimum atomic E-state index is -0.214. The fourth-order valence-corrected chi connectivity index (χ4v) is 1.71. The van der Waals surface area contributed by atoms with Crippen LogP contribution in [0.4, 0.5) is 0 Å². The van der Waals surface area contributed by atoms with Gasteiger partial charge in [-0.05, 0) is 51.1 Å². The van der Waals surface area contributed by atoms with E-state index in [2.05, 4.69) is 26.1 Å². The Labute approximate surface area is 103 Å². The molecule has 0 radical (unpaired) electrons. The van der Waals surface area contributed by atoms with Crippen molar-refractivity contribution in [1.29, 1.82) is 0 Å². The molecule has 1 rings (SSSR count). The first-order valence-electron chi connectivity index (χ1n) is 5.60. The third-order valence-electron chi connectivity index (χ3n) is 2.32. The zero-order chi connectivity index (χ0) is 12.2. The number of likely N-dealkylation sites (N-methyl/N-ethyl adjacent to an activating group) is 1. The Balaban J connectivity index is 2.71. The normalized spacial score (nSPS) is 11.6. The summed E-state index contributed by atoms with van der Waals surface area (Å²) in [5, 5.41) is 4.03. The number of halogens is 1. The number of aryl methyl sites for hydroxylation is 1. The largest absolute Gasteiger partial charge is 0.486 e. The van der Waals surface area contributed by atoms with Crippen LogP contribution in [0.1, 0.15) is 26.3 Å². The molecule has 90 valence electrons. The molecule has 0 bridgehead atoms. The van der Waals surface area contributed by atoms with E-state index in [-0.39, 0.29) is 5.60 Å². The fourth-order valence-electron chi connectivity index (χ4n) is 1.49. The van der Waals surface area contributed by atoms with Gasteiger partial charge in [0.05, 0.1) is 0 Å². The van der Waals surface area contributed by atoms with Crippen molar-refractivity contribution in [2.45, 2.75) is 33.3 Å². The van der Waals surface area contributed by atoms with Crippen LogP contribution >= 0.6 is 11.6 Å². The molecular formula is C13H20ClNO. The lowest BCUT2D eigenvalue weighted by Gasteiger charge is -2.27. The summed E-state index contributed by atoms with van der Waals surface area (Å²) in [6, 6.07) is 5.69. The number of ether oxygens (including phenoxy) is 1. The zero-order valence-electron chi connectivity index (χ0n) is 10.4. The van der Waals surface area contributed by atoms with Gasteiger partial charge in [0.1, 0.15) is 11.4 Å². The SMILES string of the molecule is CCNCC(C)(C)Oc1ccc(Cl)cc1C. The Morgan fingerprint density at radius 3 is 2.62 bits per heavy atom. The molecule has 3 heteroatoms. The molecule has 1 N–H and O–H groups in total. The van der Waals surface area contributed by atoms with E-state index < -0.39 is 0 Å². The average Bonchev–Trinajstić information content (AvgIpc) is 2.19. The highest BCUT2D eigenvalue weighted by Crippen LogP contribution is 2.25. The average molecular weight is 242 g/mol. The predicted octanol–water partition coefficient (Wildman–Crippen LogP) is 3.42. The van der Waals surface area contributed by atoms with Gasteiger partial charge in [0.15, 0.2) is 0 Å². The highest BCUT2D eigenvalue weighted by Gasteiger charge is 2.19. The van der Waals surface area contributed by atoms with Gasteiger partial charge in [-0.2, -0.15) is 0 Å². The lowest BCUT2D eigenvalue weighted by Crippen LogP contribution is -2.40. The molecule has 16 heavy (non-hydrogen) atoms. The molecule has 1 aromatic carbocycles. The summed E-state index contributed by atoms with van der Waals surface area (Å²) < 4.78 is 5.97. The monoisotopic (exact) mass is 241 g/mol. The first kappa shape index (κ1) is 13.3. The van der Waals surface area contributed by atoms with Crippen LogP contribution in [0.25, 0.3) is 0 Å². The molecule has 0 spiro atoms. The van der Waals surface area contributed by atoms with Crippen molar-refractivity contribution in [3.63, 3.8) is 0 Å². The van der Waals surface area contributed by atoms with Gasteiger partial charge in [0, 0.05) is 11.6 Å². The Morgan fingerprint density at radius 2 is 2.06 bits per heavy atom. The van der Waals surface area contributed by atoms with Crippen LogP contribution in [-0.4, -0.2) is 18.7 Å². The van der Waals surface area contributed by atoms with E-state index in [9.17, 15) is 0 Å². The van der Waals surface area contributed by atoms with Gasteiger partial charge in [0.2, 0.25) is 0 Å². The molecular weight excluding hydrogens is 222 g/mol. The second kappa shape index (κ2) is 5.55. The van der Waals surface area contributed by atoms with Crippen LogP contribution in [0, 0.1) is 6.92 Å². The molecule has 0 fully saturated rings. The number of benzene rings is 1. The summed E-state index contributed by atoms with van der Waals surface area (Å²) >= 11 is 5.90. The highest BCUT2D eigenvalue weighted by atomic mass is 35.5. The topological polar surface area (TPSA) is 21.3 Å². The van der Waals surface area contributed by atoms with Crippen LogP contribution in [0.3, 0.4) is 0 Å². The predicted molar refractivity (Wildman–Crippen MR) is 69.4 cm³/mol. The van der Waals surface area contributed by atoms with E-state index in [0.717, 1.165) is 29.4 Å². The standard InChI is InChI=1S/C13H20ClNO/c1-5-15-9-13(3,4)16-12-7-6-11(14)8-10(12)2/h6-8,15H,5,9H2,1-4H3. The molecule has 0 aliphatic rings. The van der Waals surface area contributed by atoms with Crippen molar-refractivity contribution in [2.24, 2.45) is 0 Å². The van der Waals surface area contributed by atoms with E-state index in [1.807, 2.05) is 25.1 Å². The van der Waals surface area contributed by atoms with Crippen LogP contribution in [0.15, 0.2) is 18.2 Å². The highest BCUT2D eigenvalue weighted by molar-refractivity contribution is 6.30. The molecule has 0 aliphatic carbocycles. The van der Waals surface area contributed by atoms with E-state index >= 15 is 0 Å². The molecule has 0 heterocycles. The minimum Gasteiger partial charge on any atom is -0.486 e. The van der Waals surface area contributed by atoms with Gasteiger partial charge < -0.3 is 10.1 Å². The second-order valence-electron chi connectivity index (χ2n) is 4.55. The Bertz CT molecular complexity index is 350. The molecule has 1 aromatic rings.